The Bertz CT molecular complexity index is 1200. The van der Waals surface area contributed by atoms with Crippen LogP contribution in [0.25, 0.3) is 0 Å². The fraction of sp³-hybridized carbons (Fsp3) is 0.167. The van der Waals surface area contributed by atoms with Crippen LogP contribution in [0.5, 0.6) is 11.5 Å². The molecule has 7 nitrogen and oxygen atoms in total. The molecule has 0 aliphatic carbocycles. The Morgan fingerprint density at radius 3 is 2.18 bits per heavy atom. The first kappa shape index (κ1) is 24.3. The van der Waals surface area contributed by atoms with E-state index < -0.39 is 22.0 Å². The number of nitrogens with zero attached hydrogens (tertiary/aromatic N) is 2. The average Bonchev–Trinajstić information content (AvgIpc) is 2.80. The van der Waals surface area contributed by atoms with Crippen molar-refractivity contribution < 1.29 is 17.9 Å². The molecule has 0 saturated carbocycles. The number of anilines is 1. The highest BCUT2D eigenvalue weighted by atomic mass is 32.2. The predicted octanol–water partition coefficient (Wildman–Crippen LogP) is 4.51. The van der Waals surface area contributed by atoms with Gasteiger partial charge in [0.2, 0.25) is 10.0 Å². The molecule has 0 radical (unpaired) electrons. The lowest BCUT2D eigenvalue weighted by Gasteiger charge is -2.27. The van der Waals surface area contributed by atoms with Crippen molar-refractivity contribution in [1.29, 1.82) is 0 Å². The van der Waals surface area contributed by atoms with Crippen molar-refractivity contribution in [2.75, 3.05) is 16.8 Å². The molecule has 3 rings (SSSR count). The van der Waals surface area contributed by atoms with Gasteiger partial charge in [0.1, 0.15) is 17.5 Å². The molecular formula is C24H25N3O4S2. The number of ether oxygens (including phenoxy) is 1. The van der Waals surface area contributed by atoms with Crippen molar-refractivity contribution in [1.82, 2.24) is 5.43 Å². The van der Waals surface area contributed by atoms with Crippen LogP contribution in [0.15, 0.2) is 88.9 Å². The van der Waals surface area contributed by atoms with E-state index in [2.05, 4.69) is 10.5 Å². The number of thioether (sulfide) groups is 1. The number of para-hydroxylation sites is 1. The first-order chi connectivity index (χ1) is 15.8. The Kier molecular flexibility index (Phi) is 8.13. The molecule has 0 fully saturated rings. The maximum Gasteiger partial charge on any atom is 0.263 e. The Balaban J connectivity index is 1.70. The van der Waals surface area contributed by atoms with Crippen LogP contribution >= 0.6 is 11.8 Å². The van der Waals surface area contributed by atoms with Gasteiger partial charge in [-0.15, -0.1) is 11.8 Å². The maximum absolute atomic E-state index is 12.6. The van der Waals surface area contributed by atoms with E-state index in [0.717, 1.165) is 21.0 Å². The Hall–Kier alpha value is -3.30. The predicted molar refractivity (Wildman–Crippen MR) is 134 cm³/mol. The summed E-state index contributed by atoms with van der Waals surface area (Å²) in [6.45, 7) is 1.51. The molecule has 3 aromatic rings. The second-order valence-electron chi connectivity index (χ2n) is 7.15. The highest BCUT2D eigenvalue weighted by Crippen LogP contribution is 2.27. The molecule has 0 aliphatic rings. The van der Waals surface area contributed by atoms with Crippen LogP contribution in [0, 0.1) is 0 Å². The van der Waals surface area contributed by atoms with E-state index in [-0.39, 0.29) is 0 Å². The first-order valence-electron chi connectivity index (χ1n) is 10.1. The standard InChI is InChI=1S/C24H25N3O4S2/c1-18(24(28)26-25-17-19-9-15-23(32-2)16-10-19)27(33(3,29)30)20-11-13-22(14-12-20)31-21-7-5-4-6-8-21/h4-18H,1-3H3,(H,26,28)/b25-17-/t18-/m0/s1. The van der Waals surface area contributed by atoms with Gasteiger partial charge in [0.15, 0.2) is 0 Å². The van der Waals surface area contributed by atoms with E-state index in [1.807, 2.05) is 60.9 Å². The summed E-state index contributed by atoms with van der Waals surface area (Å²) in [5, 5.41) is 3.96. The number of carbonyl (C=O) groups is 1. The number of hydrogen-bond donors (Lipinski definition) is 1. The van der Waals surface area contributed by atoms with Crippen LogP contribution in [0.1, 0.15) is 12.5 Å². The van der Waals surface area contributed by atoms with Gasteiger partial charge in [-0.1, -0.05) is 30.3 Å². The van der Waals surface area contributed by atoms with E-state index >= 15 is 0 Å². The van der Waals surface area contributed by atoms with E-state index in [0.29, 0.717) is 17.2 Å². The molecule has 0 aliphatic heterocycles. The number of benzene rings is 3. The third-order valence-electron chi connectivity index (χ3n) is 4.66. The van der Waals surface area contributed by atoms with Gasteiger partial charge in [-0.2, -0.15) is 5.10 Å². The fourth-order valence-electron chi connectivity index (χ4n) is 3.05. The topological polar surface area (TPSA) is 88.1 Å². The second kappa shape index (κ2) is 11.0. The van der Waals surface area contributed by atoms with Gasteiger partial charge in [0, 0.05) is 4.90 Å². The van der Waals surface area contributed by atoms with E-state index in [9.17, 15) is 13.2 Å². The Labute approximate surface area is 198 Å². The lowest BCUT2D eigenvalue weighted by molar-refractivity contribution is -0.121. The molecule has 1 amide bonds. The monoisotopic (exact) mass is 483 g/mol. The zero-order valence-electron chi connectivity index (χ0n) is 18.5. The zero-order chi connectivity index (χ0) is 23.8. The molecule has 0 unspecified atom stereocenters. The van der Waals surface area contributed by atoms with Gasteiger partial charge in [-0.05, 0) is 67.3 Å². The normalized spacial score (nSPS) is 12.3. The molecular weight excluding hydrogens is 458 g/mol. The number of hydrogen-bond acceptors (Lipinski definition) is 6. The van der Waals surface area contributed by atoms with Crippen LogP contribution in [-0.2, 0) is 14.8 Å². The zero-order valence-corrected chi connectivity index (χ0v) is 20.1. The molecule has 0 spiro atoms. The molecule has 1 N–H and O–H groups in total. The smallest absolute Gasteiger partial charge is 0.263 e. The van der Waals surface area contributed by atoms with Crippen LogP contribution in [-0.4, -0.2) is 39.1 Å². The van der Waals surface area contributed by atoms with Crippen molar-refractivity contribution in [2.45, 2.75) is 17.9 Å². The lowest BCUT2D eigenvalue weighted by Crippen LogP contribution is -2.46. The molecule has 172 valence electrons. The summed E-state index contributed by atoms with van der Waals surface area (Å²) >= 11 is 1.63. The number of sulfonamides is 1. The van der Waals surface area contributed by atoms with Crippen molar-refractivity contribution in [3.8, 4) is 11.5 Å². The van der Waals surface area contributed by atoms with E-state index in [1.54, 1.807) is 36.0 Å². The minimum absolute atomic E-state index is 0.345. The quantitative estimate of drug-likeness (QED) is 0.275. The summed E-state index contributed by atoms with van der Waals surface area (Å²) in [7, 11) is -3.74. The summed E-state index contributed by atoms with van der Waals surface area (Å²) in [6, 6.07) is 22.4. The summed E-state index contributed by atoms with van der Waals surface area (Å²) in [5.41, 5.74) is 3.58. The lowest BCUT2D eigenvalue weighted by atomic mass is 10.2. The van der Waals surface area contributed by atoms with Crippen molar-refractivity contribution in [2.24, 2.45) is 5.10 Å². The number of rotatable bonds is 9. The van der Waals surface area contributed by atoms with E-state index in [4.69, 9.17) is 4.74 Å². The molecule has 0 heterocycles. The van der Waals surface area contributed by atoms with Crippen molar-refractivity contribution >= 4 is 39.6 Å². The SMILES string of the molecule is CSc1ccc(/C=N\NC(=O)[C@H](C)N(c2ccc(Oc3ccccc3)cc2)S(C)(=O)=O)cc1. The van der Waals surface area contributed by atoms with Crippen molar-refractivity contribution in [3.05, 3.63) is 84.4 Å². The summed E-state index contributed by atoms with van der Waals surface area (Å²) in [5.74, 6) is 0.661. The minimum atomic E-state index is -3.74. The number of nitrogens with one attached hydrogen (secondary N) is 1. The van der Waals surface area contributed by atoms with Gasteiger partial charge in [0.25, 0.3) is 5.91 Å². The molecule has 0 bridgehead atoms. The minimum Gasteiger partial charge on any atom is -0.457 e. The van der Waals surface area contributed by atoms with Crippen molar-refractivity contribution in [3.63, 3.8) is 0 Å². The Morgan fingerprint density at radius 1 is 1.00 bits per heavy atom. The molecule has 9 heteroatoms. The van der Waals surface area contributed by atoms with Crippen LogP contribution in [0.3, 0.4) is 0 Å². The third kappa shape index (κ3) is 6.84. The third-order valence-corrected chi connectivity index (χ3v) is 6.65. The number of hydrazone groups is 1. The second-order valence-corrected chi connectivity index (χ2v) is 9.89. The highest BCUT2D eigenvalue weighted by Gasteiger charge is 2.29. The maximum atomic E-state index is 12.6. The molecule has 1 atom stereocenters. The summed E-state index contributed by atoms with van der Waals surface area (Å²) < 4.78 is 31.8. The highest BCUT2D eigenvalue weighted by molar-refractivity contribution is 7.98. The van der Waals surface area contributed by atoms with Crippen LogP contribution in [0.2, 0.25) is 0 Å². The van der Waals surface area contributed by atoms with Crippen LogP contribution in [0.4, 0.5) is 5.69 Å². The van der Waals surface area contributed by atoms with Crippen LogP contribution < -0.4 is 14.5 Å². The largest absolute Gasteiger partial charge is 0.457 e. The number of carbonyl (C=O) groups excluding carboxylic acids is 1. The molecule has 3 aromatic carbocycles. The van der Waals surface area contributed by atoms with Gasteiger partial charge < -0.3 is 4.74 Å². The average molecular weight is 484 g/mol. The summed E-state index contributed by atoms with van der Waals surface area (Å²) in [6.07, 6.45) is 4.55. The summed E-state index contributed by atoms with van der Waals surface area (Å²) in [4.78, 5) is 13.8. The van der Waals surface area contributed by atoms with E-state index in [1.165, 1.54) is 13.1 Å². The molecule has 0 aromatic heterocycles. The first-order valence-corrected chi connectivity index (χ1v) is 13.1. The Morgan fingerprint density at radius 2 is 1.61 bits per heavy atom. The van der Waals surface area contributed by atoms with Gasteiger partial charge in [-0.3, -0.25) is 9.10 Å². The van der Waals surface area contributed by atoms with Gasteiger partial charge in [-0.25, -0.2) is 13.8 Å². The van der Waals surface area contributed by atoms with Gasteiger partial charge in [0.05, 0.1) is 18.2 Å². The fourth-order valence-corrected chi connectivity index (χ4v) is 4.63. The molecule has 33 heavy (non-hydrogen) atoms. The van der Waals surface area contributed by atoms with Gasteiger partial charge >= 0.3 is 0 Å². The molecule has 0 saturated heterocycles. The number of amides is 1.